The molecule has 0 spiro atoms. The van der Waals surface area contributed by atoms with Crippen molar-refractivity contribution in [1.29, 1.82) is 0 Å². The molecule has 0 N–H and O–H groups in total. The Bertz CT molecular complexity index is 925. The van der Waals surface area contributed by atoms with Crippen molar-refractivity contribution in [2.24, 2.45) is 0 Å². The lowest BCUT2D eigenvalue weighted by molar-refractivity contribution is 0.0680. The Morgan fingerprint density at radius 3 is 2.39 bits per heavy atom. The van der Waals surface area contributed by atoms with Gasteiger partial charge in [-0.25, -0.2) is 0 Å². The van der Waals surface area contributed by atoms with Crippen LogP contribution in [0.3, 0.4) is 0 Å². The van der Waals surface area contributed by atoms with Crippen molar-refractivity contribution in [3.8, 4) is 5.75 Å². The molecule has 0 saturated carbocycles. The summed E-state index contributed by atoms with van der Waals surface area (Å²) in [5.74, 6) is 0.135. The Morgan fingerprint density at radius 2 is 1.74 bits per heavy atom. The number of methoxy groups -OCH3 is 1. The van der Waals surface area contributed by atoms with E-state index in [4.69, 9.17) is 8.92 Å². The number of amides is 1. The van der Waals surface area contributed by atoms with E-state index in [1.54, 1.807) is 30.2 Å². The number of hydrogen-bond donors (Lipinski definition) is 0. The van der Waals surface area contributed by atoms with Crippen LogP contribution >= 0.6 is 0 Å². The summed E-state index contributed by atoms with van der Waals surface area (Å²) in [7, 11) is -2.02. The van der Waals surface area contributed by atoms with Crippen molar-refractivity contribution in [2.45, 2.75) is 45.6 Å². The Hall–Kier alpha value is -2.38. The molecule has 31 heavy (non-hydrogen) atoms. The molecule has 0 aromatic heterocycles. The van der Waals surface area contributed by atoms with Crippen LogP contribution in [0.4, 0.5) is 0 Å². The standard InChI is InChI=1S/C24H33NO5S/c1-4-5-6-7-9-20-12-14-22(15-13-20)24(26)25(16-17-29-2)19-21-10-8-11-23(18-21)30-31(3,27)28/h8,10-15,18H,4-7,9,16-17,19H2,1-3H3. The van der Waals surface area contributed by atoms with Crippen LogP contribution < -0.4 is 4.18 Å². The molecule has 1 amide bonds. The van der Waals surface area contributed by atoms with Crippen molar-refractivity contribution >= 4 is 16.0 Å². The van der Waals surface area contributed by atoms with Crippen LogP contribution in [0.1, 0.15) is 54.1 Å². The van der Waals surface area contributed by atoms with Crippen LogP contribution in [0.5, 0.6) is 5.75 Å². The Labute approximate surface area is 186 Å². The molecule has 0 aliphatic carbocycles. The van der Waals surface area contributed by atoms with E-state index in [1.807, 2.05) is 30.3 Å². The highest BCUT2D eigenvalue weighted by Gasteiger charge is 2.17. The number of nitrogens with zero attached hydrogens (tertiary/aromatic N) is 1. The highest BCUT2D eigenvalue weighted by atomic mass is 32.2. The third kappa shape index (κ3) is 9.11. The van der Waals surface area contributed by atoms with Crippen molar-refractivity contribution in [3.05, 3.63) is 65.2 Å². The van der Waals surface area contributed by atoms with E-state index in [-0.39, 0.29) is 11.7 Å². The molecule has 0 aliphatic rings. The summed E-state index contributed by atoms with van der Waals surface area (Å²) in [5, 5.41) is 0. The van der Waals surface area contributed by atoms with Gasteiger partial charge >= 0.3 is 10.1 Å². The molecule has 2 aromatic rings. The number of aryl methyl sites for hydroxylation is 1. The van der Waals surface area contributed by atoms with E-state index >= 15 is 0 Å². The van der Waals surface area contributed by atoms with E-state index in [2.05, 4.69) is 6.92 Å². The molecule has 0 unspecified atom stereocenters. The average molecular weight is 448 g/mol. The van der Waals surface area contributed by atoms with E-state index in [1.165, 1.54) is 24.8 Å². The molecule has 0 radical (unpaired) electrons. The highest BCUT2D eigenvalue weighted by molar-refractivity contribution is 7.86. The van der Waals surface area contributed by atoms with Crippen molar-refractivity contribution in [1.82, 2.24) is 4.90 Å². The molecule has 2 aromatic carbocycles. The first kappa shape index (κ1) is 24.9. The molecule has 0 bridgehead atoms. The maximum Gasteiger partial charge on any atom is 0.306 e. The summed E-state index contributed by atoms with van der Waals surface area (Å²) in [6, 6.07) is 14.5. The van der Waals surface area contributed by atoms with Gasteiger partial charge in [-0.1, -0.05) is 50.5 Å². The van der Waals surface area contributed by atoms with Crippen molar-refractivity contribution in [2.75, 3.05) is 26.5 Å². The lowest BCUT2D eigenvalue weighted by Gasteiger charge is -2.23. The van der Waals surface area contributed by atoms with Gasteiger partial charge in [0.1, 0.15) is 5.75 Å². The second-order valence-electron chi connectivity index (χ2n) is 7.66. The fraction of sp³-hybridized carbons (Fsp3) is 0.458. The van der Waals surface area contributed by atoms with Crippen LogP contribution in [0.25, 0.3) is 0 Å². The van der Waals surface area contributed by atoms with Gasteiger partial charge in [-0.05, 0) is 48.2 Å². The molecular weight excluding hydrogens is 414 g/mol. The minimum Gasteiger partial charge on any atom is -0.383 e. The molecule has 0 heterocycles. The molecule has 6 nitrogen and oxygen atoms in total. The topological polar surface area (TPSA) is 72.9 Å². The van der Waals surface area contributed by atoms with Crippen LogP contribution in [0.15, 0.2) is 48.5 Å². The van der Waals surface area contributed by atoms with Gasteiger partial charge < -0.3 is 13.8 Å². The number of benzene rings is 2. The molecular formula is C24H33NO5S. The van der Waals surface area contributed by atoms with E-state index < -0.39 is 10.1 Å². The lowest BCUT2D eigenvalue weighted by Crippen LogP contribution is -2.33. The highest BCUT2D eigenvalue weighted by Crippen LogP contribution is 2.18. The summed E-state index contributed by atoms with van der Waals surface area (Å²) in [4.78, 5) is 14.8. The van der Waals surface area contributed by atoms with E-state index in [9.17, 15) is 13.2 Å². The largest absolute Gasteiger partial charge is 0.383 e. The first-order valence-corrected chi connectivity index (χ1v) is 12.5. The summed E-state index contributed by atoms with van der Waals surface area (Å²) in [6.45, 7) is 3.35. The number of unbranched alkanes of at least 4 members (excludes halogenated alkanes) is 3. The van der Waals surface area contributed by atoms with Gasteiger partial charge in [0.15, 0.2) is 0 Å². The predicted molar refractivity (Wildman–Crippen MR) is 123 cm³/mol. The molecule has 170 valence electrons. The SMILES string of the molecule is CCCCCCc1ccc(C(=O)N(CCOC)Cc2cccc(OS(C)(=O)=O)c2)cc1. The van der Waals surface area contributed by atoms with Crippen LogP contribution in [0, 0.1) is 0 Å². The monoisotopic (exact) mass is 447 g/mol. The maximum atomic E-state index is 13.1. The number of rotatable bonds is 13. The minimum atomic E-state index is -3.61. The third-order valence-corrected chi connectivity index (χ3v) is 5.39. The van der Waals surface area contributed by atoms with Gasteiger partial charge in [-0.15, -0.1) is 0 Å². The van der Waals surface area contributed by atoms with E-state index in [0.717, 1.165) is 24.7 Å². The molecule has 2 rings (SSSR count). The quantitative estimate of drug-likeness (QED) is 0.335. The Balaban J connectivity index is 2.09. The fourth-order valence-electron chi connectivity index (χ4n) is 3.30. The van der Waals surface area contributed by atoms with Crippen LogP contribution in [-0.4, -0.2) is 45.7 Å². The summed E-state index contributed by atoms with van der Waals surface area (Å²) >= 11 is 0. The Morgan fingerprint density at radius 1 is 1.00 bits per heavy atom. The third-order valence-electron chi connectivity index (χ3n) is 4.89. The average Bonchev–Trinajstić information content (AvgIpc) is 2.73. The molecule has 0 aliphatic heterocycles. The first-order valence-electron chi connectivity index (χ1n) is 10.7. The lowest BCUT2D eigenvalue weighted by atomic mass is 10.0. The van der Waals surface area contributed by atoms with Crippen LogP contribution in [0.2, 0.25) is 0 Å². The van der Waals surface area contributed by atoms with E-state index in [0.29, 0.717) is 25.3 Å². The number of ether oxygens (including phenoxy) is 1. The zero-order valence-corrected chi connectivity index (χ0v) is 19.5. The number of carbonyl (C=O) groups excluding carboxylic acids is 1. The normalized spacial score (nSPS) is 11.3. The minimum absolute atomic E-state index is 0.0935. The first-order chi connectivity index (χ1) is 14.8. The van der Waals surface area contributed by atoms with Gasteiger partial charge in [0.25, 0.3) is 5.91 Å². The van der Waals surface area contributed by atoms with Gasteiger partial charge in [-0.3, -0.25) is 4.79 Å². The molecule has 0 saturated heterocycles. The van der Waals surface area contributed by atoms with Gasteiger partial charge in [0, 0.05) is 25.8 Å². The zero-order valence-electron chi connectivity index (χ0n) is 18.7. The smallest absolute Gasteiger partial charge is 0.306 e. The van der Waals surface area contributed by atoms with Gasteiger partial charge in [0.05, 0.1) is 12.9 Å². The summed E-state index contributed by atoms with van der Waals surface area (Å²) < 4.78 is 32.9. The Kier molecular flexibility index (Phi) is 10.0. The van der Waals surface area contributed by atoms with Crippen molar-refractivity contribution in [3.63, 3.8) is 0 Å². The predicted octanol–water partition coefficient (Wildman–Crippen LogP) is 4.44. The summed E-state index contributed by atoms with van der Waals surface area (Å²) in [5.41, 5.74) is 2.64. The van der Waals surface area contributed by atoms with Gasteiger partial charge in [-0.2, -0.15) is 8.42 Å². The molecule has 0 atom stereocenters. The molecule has 7 heteroatoms. The number of hydrogen-bond acceptors (Lipinski definition) is 5. The molecule has 0 fully saturated rings. The summed E-state index contributed by atoms with van der Waals surface area (Å²) in [6.07, 6.45) is 6.88. The van der Waals surface area contributed by atoms with Crippen LogP contribution in [-0.2, 0) is 27.8 Å². The van der Waals surface area contributed by atoms with Gasteiger partial charge in [0.2, 0.25) is 0 Å². The zero-order chi connectivity index (χ0) is 22.7. The fourth-order valence-corrected chi connectivity index (χ4v) is 3.75. The van der Waals surface area contributed by atoms with Crippen molar-refractivity contribution < 1.29 is 22.1 Å². The maximum absolute atomic E-state index is 13.1. The second kappa shape index (κ2) is 12.5. The number of carbonyl (C=O) groups is 1. The second-order valence-corrected chi connectivity index (χ2v) is 9.24.